The number of para-hydroxylation sites is 1. The zero-order valence-corrected chi connectivity index (χ0v) is 15.8. The molecular weight excluding hydrogens is 378 g/mol. The van der Waals surface area contributed by atoms with E-state index in [1.54, 1.807) is 17.5 Å². The smallest absolute Gasteiger partial charge is 0.293 e. The van der Waals surface area contributed by atoms with Gasteiger partial charge in [0.2, 0.25) is 5.91 Å². The van der Waals surface area contributed by atoms with E-state index in [9.17, 15) is 9.59 Å². The number of nitrogens with zero attached hydrogens (tertiary/aromatic N) is 1. The Morgan fingerprint density at radius 1 is 1.21 bits per heavy atom. The number of rotatable bonds is 6. The number of anilines is 1. The zero-order valence-electron chi connectivity index (χ0n) is 15.0. The van der Waals surface area contributed by atoms with E-state index in [1.165, 1.54) is 17.6 Å². The molecule has 3 heterocycles. The van der Waals surface area contributed by atoms with Gasteiger partial charge in [-0.3, -0.25) is 14.9 Å². The second kappa shape index (κ2) is 7.69. The fourth-order valence-electron chi connectivity index (χ4n) is 2.76. The van der Waals surface area contributed by atoms with E-state index in [-0.39, 0.29) is 30.0 Å². The van der Waals surface area contributed by atoms with Gasteiger partial charge >= 0.3 is 0 Å². The molecule has 0 aliphatic rings. The molecule has 8 heteroatoms. The number of thiazole rings is 1. The summed E-state index contributed by atoms with van der Waals surface area (Å²) in [4.78, 5) is 28.6. The summed E-state index contributed by atoms with van der Waals surface area (Å²) in [6, 6.07) is 12.6. The number of benzene rings is 1. The summed E-state index contributed by atoms with van der Waals surface area (Å²) in [6.07, 6.45) is 1.54. The van der Waals surface area contributed by atoms with Crippen LogP contribution in [0.5, 0.6) is 0 Å². The molecule has 0 radical (unpaired) electrons. The van der Waals surface area contributed by atoms with Gasteiger partial charge < -0.3 is 14.2 Å². The Bertz CT molecular complexity index is 1080. The van der Waals surface area contributed by atoms with E-state index in [0.29, 0.717) is 16.6 Å². The summed E-state index contributed by atoms with van der Waals surface area (Å²) in [5, 5.41) is 8.70. The van der Waals surface area contributed by atoms with Gasteiger partial charge in [0.1, 0.15) is 11.3 Å². The summed E-state index contributed by atoms with van der Waals surface area (Å²) in [5.74, 6) is 0.337. The lowest BCUT2D eigenvalue weighted by molar-refractivity contribution is -0.121. The molecule has 3 aromatic heterocycles. The quantitative estimate of drug-likeness (QED) is 0.511. The third-order valence-electron chi connectivity index (χ3n) is 4.11. The van der Waals surface area contributed by atoms with Crippen LogP contribution in [0.25, 0.3) is 11.0 Å². The van der Waals surface area contributed by atoms with Gasteiger partial charge in [0.15, 0.2) is 10.9 Å². The van der Waals surface area contributed by atoms with Crippen LogP contribution in [0.4, 0.5) is 5.13 Å². The van der Waals surface area contributed by atoms with Crippen LogP contribution in [0.1, 0.15) is 35.0 Å². The second-order valence-corrected chi connectivity index (χ2v) is 7.09. The molecule has 0 saturated carbocycles. The first kappa shape index (κ1) is 18.0. The van der Waals surface area contributed by atoms with Crippen molar-refractivity contribution in [3.05, 3.63) is 71.3 Å². The van der Waals surface area contributed by atoms with E-state index in [1.807, 2.05) is 37.3 Å². The number of amides is 2. The zero-order chi connectivity index (χ0) is 19.5. The Balaban J connectivity index is 1.34. The van der Waals surface area contributed by atoms with Crippen molar-refractivity contribution in [3.8, 4) is 0 Å². The van der Waals surface area contributed by atoms with Crippen molar-refractivity contribution < 1.29 is 18.4 Å². The number of carbonyl (C=O) groups excluding carboxylic acids is 2. The molecule has 0 bridgehead atoms. The molecule has 0 spiro atoms. The molecule has 1 aromatic carbocycles. The lowest BCUT2D eigenvalue weighted by atomic mass is 10.2. The number of hydrogen-bond acceptors (Lipinski definition) is 6. The Hall–Kier alpha value is -3.39. The third-order valence-corrected chi connectivity index (χ3v) is 4.91. The predicted octanol–water partition coefficient (Wildman–Crippen LogP) is 4.15. The fourth-order valence-corrected chi connectivity index (χ4v) is 3.46. The van der Waals surface area contributed by atoms with Crippen LogP contribution < -0.4 is 10.6 Å². The molecule has 0 fully saturated rings. The highest BCUT2D eigenvalue weighted by atomic mass is 32.1. The highest BCUT2D eigenvalue weighted by molar-refractivity contribution is 7.14. The van der Waals surface area contributed by atoms with Gasteiger partial charge in [0.05, 0.1) is 24.4 Å². The van der Waals surface area contributed by atoms with Crippen molar-refractivity contribution >= 4 is 39.3 Å². The van der Waals surface area contributed by atoms with Crippen molar-refractivity contribution in [2.75, 3.05) is 5.32 Å². The minimum Gasteiger partial charge on any atom is -0.459 e. The lowest BCUT2D eigenvalue weighted by Crippen LogP contribution is -2.28. The first-order valence-electron chi connectivity index (χ1n) is 8.65. The molecule has 0 aliphatic carbocycles. The van der Waals surface area contributed by atoms with Crippen molar-refractivity contribution in [1.29, 1.82) is 0 Å². The van der Waals surface area contributed by atoms with Crippen LogP contribution in [0.15, 0.2) is 62.9 Å². The predicted molar refractivity (Wildman–Crippen MR) is 105 cm³/mol. The molecule has 2 N–H and O–H groups in total. The summed E-state index contributed by atoms with van der Waals surface area (Å²) >= 11 is 1.25. The Morgan fingerprint density at radius 2 is 2.07 bits per heavy atom. The van der Waals surface area contributed by atoms with Crippen LogP contribution in [0.3, 0.4) is 0 Å². The monoisotopic (exact) mass is 395 g/mol. The molecule has 4 aromatic rings. The molecule has 28 heavy (non-hydrogen) atoms. The Labute approximate surface area is 164 Å². The molecule has 0 aliphatic heterocycles. The third kappa shape index (κ3) is 3.96. The number of carbonyl (C=O) groups is 2. The standard InChI is InChI=1S/C20H17N3O4S/c1-12(17-9-13-5-2-3-6-15(13)27-17)21-18(24)10-14-11-28-20(22-14)23-19(25)16-7-4-8-26-16/h2-9,11-12H,10H2,1H3,(H,21,24)(H,22,23,25)/t12-/m1/s1. The molecule has 4 rings (SSSR count). The van der Waals surface area contributed by atoms with Crippen molar-refractivity contribution in [3.63, 3.8) is 0 Å². The van der Waals surface area contributed by atoms with Crippen LogP contribution in [-0.4, -0.2) is 16.8 Å². The molecular formula is C20H17N3O4S. The van der Waals surface area contributed by atoms with Gasteiger partial charge in [0.25, 0.3) is 5.91 Å². The van der Waals surface area contributed by atoms with E-state index >= 15 is 0 Å². The highest BCUT2D eigenvalue weighted by Gasteiger charge is 2.16. The van der Waals surface area contributed by atoms with E-state index in [0.717, 1.165) is 11.0 Å². The fraction of sp³-hybridized carbons (Fsp3) is 0.150. The Kier molecular flexibility index (Phi) is 4.94. The van der Waals surface area contributed by atoms with Crippen molar-refractivity contribution in [2.24, 2.45) is 0 Å². The first-order chi connectivity index (χ1) is 13.6. The van der Waals surface area contributed by atoms with E-state index in [4.69, 9.17) is 8.83 Å². The maximum atomic E-state index is 12.3. The van der Waals surface area contributed by atoms with E-state index in [2.05, 4.69) is 15.6 Å². The van der Waals surface area contributed by atoms with Crippen LogP contribution in [0.2, 0.25) is 0 Å². The minimum atomic E-state index is -0.381. The van der Waals surface area contributed by atoms with Crippen LogP contribution >= 0.6 is 11.3 Å². The molecule has 2 amide bonds. The summed E-state index contributed by atoms with van der Waals surface area (Å²) < 4.78 is 10.8. The summed E-state index contributed by atoms with van der Waals surface area (Å²) in [6.45, 7) is 1.87. The molecule has 1 atom stereocenters. The van der Waals surface area contributed by atoms with Crippen LogP contribution in [-0.2, 0) is 11.2 Å². The van der Waals surface area contributed by atoms with Crippen molar-refractivity contribution in [1.82, 2.24) is 10.3 Å². The maximum Gasteiger partial charge on any atom is 0.293 e. The minimum absolute atomic E-state index is 0.109. The molecule has 0 saturated heterocycles. The van der Waals surface area contributed by atoms with Gasteiger partial charge in [-0.2, -0.15) is 0 Å². The molecule has 7 nitrogen and oxygen atoms in total. The van der Waals surface area contributed by atoms with Gasteiger partial charge in [0, 0.05) is 10.8 Å². The summed E-state index contributed by atoms with van der Waals surface area (Å²) in [5.41, 5.74) is 1.36. The van der Waals surface area contributed by atoms with Crippen molar-refractivity contribution in [2.45, 2.75) is 19.4 Å². The Morgan fingerprint density at radius 3 is 2.86 bits per heavy atom. The first-order valence-corrected chi connectivity index (χ1v) is 9.53. The average Bonchev–Trinajstić information content (AvgIpc) is 3.42. The van der Waals surface area contributed by atoms with Gasteiger partial charge in [-0.1, -0.05) is 18.2 Å². The number of nitrogens with one attached hydrogen (secondary N) is 2. The number of fused-ring (bicyclic) bond motifs is 1. The number of aromatic nitrogens is 1. The highest BCUT2D eigenvalue weighted by Crippen LogP contribution is 2.24. The average molecular weight is 395 g/mol. The van der Waals surface area contributed by atoms with E-state index < -0.39 is 0 Å². The van der Waals surface area contributed by atoms with Crippen LogP contribution in [0, 0.1) is 0 Å². The normalized spacial score (nSPS) is 12.0. The van der Waals surface area contributed by atoms with Gasteiger partial charge in [-0.05, 0) is 31.2 Å². The SMILES string of the molecule is C[C@@H](NC(=O)Cc1csc(NC(=O)c2ccco2)n1)c1cc2ccccc2o1. The van der Waals surface area contributed by atoms with Gasteiger partial charge in [-0.25, -0.2) is 4.98 Å². The molecule has 0 unspecified atom stereocenters. The maximum absolute atomic E-state index is 12.3. The summed E-state index contributed by atoms with van der Waals surface area (Å²) in [7, 11) is 0. The second-order valence-electron chi connectivity index (χ2n) is 6.23. The lowest BCUT2D eigenvalue weighted by Gasteiger charge is -2.10. The largest absolute Gasteiger partial charge is 0.459 e. The number of furan rings is 2. The number of hydrogen-bond donors (Lipinski definition) is 2. The topological polar surface area (TPSA) is 97.4 Å². The van der Waals surface area contributed by atoms with Gasteiger partial charge in [-0.15, -0.1) is 11.3 Å². The molecule has 142 valence electrons.